The van der Waals surface area contributed by atoms with Gasteiger partial charge in [-0.15, -0.1) is 11.6 Å². The van der Waals surface area contributed by atoms with E-state index in [0.29, 0.717) is 5.38 Å². The van der Waals surface area contributed by atoms with E-state index < -0.39 is 0 Å². The van der Waals surface area contributed by atoms with E-state index in [0.717, 1.165) is 24.2 Å². The highest BCUT2D eigenvalue weighted by molar-refractivity contribution is 6.21. The van der Waals surface area contributed by atoms with Gasteiger partial charge in [-0.25, -0.2) is 0 Å². The van der Waals surface area contributed by atoms with E-state index in [1.165, 1.54) is 36.0 Å². The molecule has 3 unspecified atom stereocenters. The molecule has 0 heterocycles. The molecule has 2 aliphatic carbocycles. The topological polar surface area (TPSA) is 0 Å². The Morgan fingerprint density at radius 2 is 1.88 bits per heavy atom. The summed E-state index contributed by atoms with van der Waals surface area (Å²) in [5.74, 6) is 2.86. The smallest absolute Gasteiger partial charge is 0.0404 e. The van der Waals surface area contributed by atoms with Crippen molar-refractivity contribution < 1.29 is 0 Å². The van der Waals surface area contributed by atoms with Gasteiger partial charge in [0.25, 0.3) is 0 Å². The third kappa shape index (κ3) is 2.38. The van der Waals surface area contributed by atoms with Crippen LogP contribution in [0.3, 0.4) is 0 Å². The highest BCUT2D eigenvalue weighted by atomic mass is 35.5. The van der Waals surface area contributed by atoms with Crippen LogP contribution < -0.4 is 0 Å². The second-order valence-corrected chi connectivity index (χ2v) is 6.70. The summed E-state index contributed by atoms with van der Waals surface area (Å²) < 4.78 is 0. The van der Waals surface area contributed by atoms with Crippen molar-refractivity contribution >= 4 is 11.6 Å². The zero-order valence-corrected chi connectivity index (χ0v) is 11.5. The average Bonchev–Trinajstić information content (AvgIpc) is 2.91. The lowest BCUT2D eigenvalue weighted by atomic mass is 9.92. The normalized spacial score (nSPS) is 32.3. The van der Waals surface area contributed by atoms with Gasteiger partial charge in [0.15, 0.2) is 0 Å². The molecular weight excluding hydrogens is 228 g/mol. The molecule has 0 bridgehead atoms. The number of hydrogen-bond acceptors (Lipinski definition) is 0. The third-order valence-electron chi connectivity index (χ3n) is 4.71. The molecule has 17 heavy (non-hydrogen) atoms. The average molecular weight is 249 g/mol. The summed E-state index contributed by atoms with van der Waals surface area (Å²) in [4.78, 5) is 0. The van der Waals surface area contributed by atoms with Gasteiger partial charge in [0.2, 0.25) is 0 Å². The zero-order chi connectivity index (χ0) is 12.0. The lowest BCUT2D eigenvalue weighted by molar-refractivity contribution is 0.460. The second kappa shape index (κ2) is 4.31. The van der Waals surface area contributed by atoms with Crippen molar-refractivity contribution in [1.29, 1.82) is 0 Å². The molecule has 0 aromatic heterocycles. The van der Waals surface area contributed by atoms with Crippen LogP contribution >= 0.6 is 11.6 Å². The molecule has 0 saturated heterocycles. The van der Waals surface area contributed by atoms with Crippen LogP contribution in [0.2, 0.25) is 0 Å². The van der Waals surface area contributed by atoms with Gasteiger partial charge in [0, 0.05) is 5.38 Å². The quantitative estimate of drug-likeness (QED) is 0.691. The van der Waals surface area contributed by atoms with Gasteiger partial charge in [0.05, 0.1) is 0 Å². The summed E-state index contributed by atoms with van der Waals surface area (Å²) >= 11 is 6.63. The van der Waals surface area contributed by atoms with Crippen LogP contribution in [0.15, 0.2) is 18.2 Å². The first-order chi connectivity index (χ1) is 8.13. The maximum atomic E-state index is 6.63. The molecule has 1 heteroatoms. The van der Waals surface area contributed by atoms with Crippen molar-refractivity contribution in [2.45, 2.75) is 44.9 Å². The molecule has 92 valence electrons. The van der Waals surface area contributed by atoms with E-state index in [1.54, 1.807) is 0 Å². The van der Waals surface area contributed by atoms with Crippen LogP contribution in [0.1, 0.15) is 36.0 Å². The molecule has 2 saturated carbocycles. The lowest BCUT2D eigenvalue weighted by Crippen LogP contribution is -2.16. The Kier molecular flexibility index (Phi) is 2.94. The molecule has 0 aliphatic heterocycles. The fourth-order valence-electron chi connectivity index (χ4n) is 3.45. The van der Waals surface area contributed by atoms with Crippen LogP contribution in [-0.2, 0) is 6.42 Å². The second-order valence-electron chi connectivity index (χ2n) is 6.14. The molecule has 0 spiro atoms. The van der Waals surface area contributed by atoms with Crippen LogP contribution in [0.5, 0.6) is 0 Å². The number of rotatable bonds is 3. The predicted molar refractivity (Wildman–Crippen MR) is 73.6 cm³/mol. The molecule has 0 radical (unpaired) electrons. The van der Waals surface area contributed by atoms with Crippen LogP contribution in [0.4, 0.5) is 0 Å². The summed E-state index contributed by atoms with van der Waals surface area (Å²) in [5, 5.41) is 0.350. The SMILES string of the molecule is Cc1ccc(C)c(CC(Cl)C2CC3CC3C2)c1. The van der Waals surface area contributed by atoms with Gasteiger partial charge in [-0.3, -0.25) is 0 Å². The third-order valence-corrected chi connectivity index (χ3v) is 5.22. The number of fused-ring (bicyclic) bond motifs is 1. The Bertz CT molecular complexity index is 414. The zero-order valence-electron chi connectivity index (χ0n) is 10.7. The van der Waals surface area contributed by atoms with E-state index in [4.69, 9.17) is 11.6 Å². The van der Waals surface area contributed by atoms with Crippen molar-refractivity contribution in [2.24, 2.45) is 17.8 Å². The molecule has 2 fully saturated rings. The summed E-state index contributed by atoms with van der Waals surface area (Å²) in [6.07, 6.45) is 5.33. The van der Waals surface area contributed by atoms with Crippen LogP contribution in [0.25, 0.3) is 0 Å². The molecule has 0 amide bonds. The monoisotopic (exact) mass is 248 g/mol. The number of benzene rings is 1. The maximum Gasteiger partial charge on any atom is 0.0404 e. The minimum absolute atomic E-state index is 0.350. The first-order valence-electron chi connectivity index (χ1n) is 6.83. The fourth-order valence-corrected chi connectivity index (χ4v) is 3.83. The molecule has 2 aliphatic rings. The maximum absolute atomic E-state index is 6.63. The first kappa shape index (κ1) is 11.6. The summed E-state index contributed by atoms with van der Waals surface area (Å²) in [5.41, 5.74) is 4.19. The number of hydrogen-bond donors (Lipinski definition) is 0. The largest absolute Gasteiger partial charge is 0.122 e. The van der Waals surface area contributed by atoms with Crippen molar-refractivity contribution in [3.8, 4) is 0 Å². The standard InChI is InChI=1S/C16H21Cl/c1-10-3-4-11(2)12(5-10)9-16(17)15-7-13-6-14(13)8-15/h3-5,13-16H,6-9H2,1-2H3. The Balaban J connectivity index is 1.67. The van der Waals surface area contributed by atoms with E-state index >= 15 is 0 Å². The summed E-state index contributed by atoms with van der Waals surface area (Å²) in [7, 11) is 0. The van der Waals surface area contributed by atoms with Crippen LogP contribution in [-0.4, -0.2) is 5.38 Å². The summed E-state index contributed by atoms with van der Waals surface area (Å²) in [6.45, 7) is 4.36. The molecule has 1 aromatic rings. The van der Waals surface area contributed by atoms with Gasteiger partial charge >= 0.3 is 0 Å². The van der Waals surface area contributed by atoms with E-state index in [9.17, 15) is 0 Å². The molecule has 1 aromatic carbocycles. The van der Waals surface area contributed by atoms with E-state index in [2.05, 4.69) is 32.0 Å². The van der Waals surface area contributed by atoms with Gasteiger partial charge in [-0.2, -0.15) is 0 Å². The van der Waals surface area contributed by atoms with Gasteiger partial charge in [0.1, 0.15) is 0 Å². The Hall–Kier alpha value is -0.490. The number of aryl methyl sites for hydroxylation is 2. The molecule has 3 atom stereocenters. The fraction of sp³-hybridized carbons (Fsp3) is 0.625. The van der Waals surface area contributed by atoms with Crippen molar-refractivity contribution in [2.75, 3.05) is 0 Å². The predicted octanol–water partition coefficient (Wildman–Crippen LogP) is 4.50. The Morgan fingerprint density at radius 3 is 2.59 bits per heavy atom. The molecule has 3 rings (SSSR count). The minimum Gasteiger partial charge on any atom is -0.122 e. The van der Waals surface area contributed by atoms with Crippen LogP contribution in [0, 0.1) is 31.6 Å². The Labute approximate surface area is 109 Å². The van der Waals surface area contributed by atoms with E-state index in [1.807, 2.05) is 0 Å². The highest BCUT2D eigenvalue weighted by Gasteiger charge is 2.47. The highest BCUT2D eigenvalue weighted by Crippen LogP contribution is 2.56. The molecule has 0 N–H and O–H groups in total. The van der Waals surface area contributed by atoms with Gasteiger partial charge < -0.3 is 0 Å². The first-order valence-corrected chi connectivity index (χ1v) is 7.27. The molecule has 0 nitrogen and oxygen atoms in total. The Morgan fingerprint density at radius 1 is 1.18 bits per heavy atom. The number of halogens is 1. The summed E-state index contributed by atoms with van der Waals surface area (Å²) in [6, 6.07) is 6.72. The minimum atomic E-state index is 0.350. The molecular formula is C16H21Cl. The van der Waals surface area contributed by atoms with E-state index in [-0.39, 0.29) is 0 Å². The van der Waals surface area contributed by atoms with Crippen molar-refractivity contribution in [3.63, 3.8) is 0 Å². The van der Waals surface area contributed by atoms with Crippen molar-refractivity contribution in [1.82, 2.24) is 0 Å². The van der Waals surface area contributed by atoms with Gasteiger partial charge in [-0.05, 0) is 68.4 Å². The van der Waals surface area contributed by atoms with Crippen molar-refractivity contribution in [3.05, 3.63) is 34.9 Å². The lowest BCUT2D eigenvalue weighted by Gasteiger charge is -2.19. The van der Waals surface area contributed by atoms with Gasteiger partial charge in [-0.1, -0.05) is 23.8 Å². The number of alkyl halides is 1.